The highest BCUT2D eigenvalue weighted by molar-refractivity contribution is 5.77. The third-order valence-corrected chi connectivity index (χ3v) is 4.89. The van der Waals surface area contributed by atoms with E-state index in [4.69, 9.17) is 5.11 Å². The van der Waals surface area contributed by atoms with Crippen molar-refractivity contribution >= 4 is 11.9 Å². The Labute approximate surface area is 169 Å². The number of likely N-dealkylation sites (tertiary alicyclic amines) is 1. The number of aliphatic hydroxyl groups is 1. The number of aliphatic hydroxyl groups excluding tert-OH is 1. The van der Waals surface area contributed by atoms with Gasteiger partial charge in [-0.2, -0.15) is 8.78 Å². The van der Waals surface area contributed by atoms with E-state index in [9.17, 15) is 23.5 Å². The molecule has 158 valence electrons. The molecule has 1 aromatic carbocycles. The standard InChI is InChI=1S/C22H27F2NO4/c23-22(24,17-9-4-3-5-10-17)19(26)15-14-18-11-8-12-20(27)25(18)16-7-2-1-6-13-21(28)29/h2-5,7,9-10,14-15,18-19,26H,1,6,8,11-13,16H2,(H,28,29)/b7-2+,15-14+. The number of carboxylic acids is 1. The van der Waals surface area contributed by atoms with Gasteiger partial charge >= 0.3 is 11.9 Å². The molecule has 1 fully saturated rings. The predicted octanol–water partition coefficient (Wildman–Crippen LogP) is 3.89. The molecular weight excluding hydrogens is 380 g/mol. The molecule has 0 aromatic heterocycles. The third-order valence-electron chi connectivity index (χ3n) is 4.89. The molecule has 5 nitrogen and oxygen atoms in total. The summed E-state index contributed by atoms with van der Waals surface area (Å²) in [5.41, 5.74) is -0.266. The molecule has 2 atom stereocenters. The number of rotatable bonds is 10. The summed E-state index contributed by atoms with van der Waals surface area (Å²) in [6.45, 7) is 0.325. The van der Waals surface area contributed by atoms with Gasteiger partial charge in [0, 0.05) is 24.9 Å². The number of alkyl halides is 2. The summed E-state index contributed by atoms with van der Waals surface area (Å²) >= 11 is 0. The maximum absolute atomic E-state index is 14.4. The molecule has 29 heavy (non-hydrogen) atoms. The number of nitrogens with zero attached hydrogens (tertiary/aromatic N) is 1. The lowest BCUT2D eigenvalue weighted by Gasteiger charge is -2.33. The molecule has 1 aliphatic rings. The van der Waals surface area contributed by atoms with Crippen LogP contribution in [-0.2, 0) is 15.5 Å². The van der Waals surface area contributed by atoms with Crippen molar-refractivity contribution in [2.75, 3.05) is 6.54 Å². The maximum Gasteiger partial charge on any atom is 0.303 e. The van der Waals surface area contributed by atoms with Gasteiger partial charge < -0.3 is 15.1 Å². The van der Waals surface area contributed by atoms with Gasteiger partial charge in [-0.3, -0.25) is 9.59 Å². The zero-order chi connectivity index (χ0) is 21.3. The van der Waals surface area contributed by atoms with E-state index in [1.165, 1.54) is 30.3 Å². The van der Waals surface area contributed by atoms with Crippen molar-refractivity contribution in [3.05, 3.63) is 60.2 Å². The molecule has 0 spiro atoms. The average molecular weight is 407 g/mol. The Morgan fingerprint density at radius 2 is 2.00 bits per heavy atom. The topological polar surface area (TPSA) is 77.8 Å². The molecule has 2 N–H and O–H groups in total. The molecule has 1 amide bonds. The molecular formula is C22H27F2NO4. The van der Waals surface area contributed by atoms with E-state index in [1.807, 2.05) is 6.08 Å². The fraction of sp³-hybridized carbons (Fsp3) is 0.455. The molecule has 0 aliphatic carbocycles. The number of halogens is 2. The van der Waals surface area contributed by atoms with Crippen LogP contribution >= 0.6 is 0 Å². The van der Waals surface area contributed by atoms with Crippen molar-refractivity contribution < 1.29 is 28.6 Å². The van der Waals surface area contributed by atoms with E-state index >= 15 is 0 Å². The molecule has 2 rings (SSSR count). The predicted molar refractivity (Wildman–Crippen MR) is 105 cm³/mol. The van der Waals surface area contributed by atoms with E-state index in [1.54, 1.807) is 17.0 Å². The number of piperidine rings is 1. The van der Waals surface area contributed by atoms with Gasteiger partial charge in [0.05, 0.1) is 6.04 Å². The second-order valence-corrected chi connectivity index (χ2v) is 7.08. The highest BCUT2D eigenvalue weighted by Crippen LogP contribution is 2.32. The zero-order valence-corrected chi connectivity index (χ0v) is 16.2. The highest BCUT2D eigenvalue weighted by atomic mass is 19.3. The number of benzene rings is 1. The molecule has 1 heterocycles. The Balaban J connectivity index is 1.97. The number of allylic oxidation sites excluding steroid dienone is 1. The lowest BCUT2D eigenvalue weighted by Crippen LogP contribution is -2.43. The number of unbranched alkanes of at least 4 members (excludes halogenated alkanes) is 1. The molecule has 0 saturated carbocycles. The van der Waals surface area contributed by atoms with Gasteiger partial charge in [0.2, 0.25) is 5.91 Å². The van der Waals surface area contributed by atoms with Crippen molar-refractivity contribution in [3.8, 4) is 0 Å². The van der Waals surface area contributed by atoms with Crippen molar-refractivity contribution in [3.63, 3.8) is 0 Å². The second-order valence-electron chi connectivity index (χ2n) is 7.08. The van der Waals surface area contributed by atoms with Crippen LogP contribution in [0.5, 0.6) is 0 Å². The van der Waals surface area contributed by atoms with Crippen molar-refractivity contribution in [1.82, 2.24) is 4.90 Å². The minimum atomic E-state index is -3.43. The van der Waals surface area contributed by atoms with Crippen LogP contribution in [0.15, 0.2) is 54.6 Å². The largest absolute Gasteiger partial charge is 0.481 e. The molecule has 2 unspecified atom stereocenters. The maximum atomic E-state index is 14.4. The van der Waals surface area contributed by atoms with Gasteiger partial charge in [-0.25, -0.2) is 0 Å². The summed E-state index contributed by atoms with van der Waals surface area (Å²) < 4.78 is 28.8. The van der Waals surface area contributed by atoms with Gasteiger partial charge in [-0.05, 0) is 25.7 Å². The molecule has 0 radical (unpaired) electrons. The van der Waals surface area contributed by atoms with E-state index in [0.717, 1.165) is 6.08 Å². The van der Waals surface area contributed by atoms with Crippen LogP contribution in [0.2, 0.25) is 0 Å². The van der Waals surface area contributed by atoms with Gasteiger partial charge in [-0.1, -0.05) is 54.6 Å². The Kier molecular flexibility index (Phi) is 8.51. The summed E-state index contributed by atoms with van der Waals surface area (Å²) in [7, 11) is 0. The zero-order valence-electron chi connectivity index (χ0n) is 16.2. The number of carbonyl (C=O) groups excluding carboxylic acids is 1. The first-order chi connectivity index (χ1) is 13.8. The quantitative estimate of drug-likeness (QED) is 0.456. The number of aliphatic carboxylic acids is 1. The first kappa shape index (κ1) is 22.7. The van der Waals surface area contributed by atoms with Crippen LogP contribution in [0.25, 0.3) is 0 Å². The molecule has 1 aromatic rings. The molecule has 1 aliphatic heterocycles. The minimum absolute atomic E-state index is 0.0644. The van der Waals surface area contributed by atoms with E-state index in [0.29, 0.717) is 38.6 Å². The van der Waals surface area contributed by atoms with E-state index < -0.39 is 18.0 Å². The summed E-state index contributed by atoms with van der Waals surface area (Å²) in [6.07, 6.45) is 7.08. The van der Waals surface area contributed by atoms with Gasteiger partial charge in [0.25, 0.3) is 0 Å². The summed E-state index contributed by atoms with van der Waals surface area (Å²) in [5.74, 6) is -4.34. The van der Waals surface area contributed by atoms with Crippen LogP contribution in [0.4, 0.5) is 8.78 Å². The van der Waals surface area contributed by atoms with Crippen LogP contribution < -0.4 is 0 Å². The summed E-state index contributed by atoms with van der Waals surface area (Å²) in [4.78, 5) is 24.3. The molecule has 0 bridgehead atoms. The van der Waals surface area contributed by atoms with E-state index in [2.05, 4.69) is 0 Å². The Morgan fingerprint density at radius 3 is 2.69 bits per heavy atom. The van der Waals surface area contributed by atoms with Crippen LogP contribution in [0.3, 0.4) is 0 Å². The van der Waals surface area contributed by atoms with Gasteiger partial charge in [0.1, 0.15) is 6.10 Å². The first-order valence-corrected chi connectivity index (χ1v) is 9.78. The fourth-order valence-electron chi connectivity index (χ4n) is 3.25. The van der Waals surface area contributed by atoms with Crippen molar-refractivity contribution in [2.24, 2.45) is 0 Å². The second kappa shape index (κ2) is 10.9. The first-order valence-electron chi connectivity index (χ1n) is 9.78. The van der Waals surface area contributed by atoms with Gasteiger partial charge in [0.15, 0.2) is 0 Å². The van der Waals surface area contributed by atoms with Crippen molar-refractivity contribution in [1.29, 1.82) is 0 Å². The van der Waals surface area contributed by atoms with Crippen LogP contribution in [0.1, 0.15) is 44.1 Å². The van der Waals surface area contributed by atoms with Crippen LogP contribution in [-0.4, -0.2) is 45.7 Å². The summed E-state index contributed by atoms with van der Waals surface area (Å²) in [6, 6.07) is 6.78. The lowest BCUT2D eigenvalue weighted by molar-refractivity contribution is -0.137. The molecule has 7 heteroatoms. The SMILES string of the molecule is O=C(O)CCC/C=C/CN1C(=O)CCCC1/C=C/C(O)C(F)(F)c1ccccc1. The summed E-state index contributed by atoms with van der Waals surface area (Å²) in [5, 5.41) is 18.6. The smallest absolute Gasteiger partial charge is 0.303 e. The average Bonchev–Trinajstić information content (AvgIpc) is 2.70. The lowest BCUT2D eigenvalue weighted by atomic mass is 9.98. The number of hydrogen-bond acceptors (Lipinski definition) is 3. The Hall–Kier alpha value is -2.54. The Morgan fingerprint density at radius 1 is 1.28 bits per heavy atom. The fourth-order valence-corrected chi connectivity index (χ4v) is 3.25. The third kappa shape index (κ3) is 6.78. The Bertz CT molecular complexity index is 734. The number of amides is 1. The minimum Gasteiger partial charge on any atom is -0.481 e. The van der Waals surface area contributed by atoms with Gasteiger partial charge in [-0.15, -0.1) is 0 Å². The van der Waals surface area contributed by atoms with E-state index in [-0.39, 0.29) is 23.9 Å². The number of hydrogen-bond donors (Lipinski definition) is 2. The molecule has 1 saturated heterocycles. The number of carbonyl (C=O) groups is 2. The monoisotopic (exact) mass is 407 g/mol. The van der Waals surface area contributed by atoms with Crippen molar-refractivity contribution in [2.45, 2.75) is 56.6 Å². The van der Waals surface area contributed by atoms with Crippen LogP contribution in [0, 0.1) is 0 Å². The highest BCUT2D eigenvalue weighted by Gasteiger charge is 2.39. The number of carboxylic acid groups (broad SMARTS) is 1. The normalized spacial score (nSPS) is 19.2.